The summed E-state index contributed by atoms with van der Waals surface area (Å²) in [7, 11) is 0. The van der Waals surface area contributed by atoms with Gasteiger partial charge in [0.25, 0.3) is 11.1 Å². The van der Waals surface area contributed by atoms with Crippen molar-refractivity contribution in [2.24, 2.45) is 0 Å². The monoisotopic (exact) mass is 572 g/mol. The molecule has 1 heterocycles. The van der Waals surface area contributed by atoms with E-state index in [1.807, 2.05) is 54.6 Å². The second kappa shape index (κ2) is 11.0. The van der Waals surface area contributed by atoms with Crippen LogP contribution in [0.4, 0.5) is 10.5 Å². The van der Waals surface area contributed by atoms with E-state index >= 15 is 0 Å². The average molecular weight is 573 g/mol. The van der Waals surface area contributed by atoms with Gasteiger partial charge in [-0.25, -0.2) is 0 Å². The topological polar surface area (TPSA) is 75.7 Å². The number of amides is 3. The molecule has 1 N–H and O–H groups in total. The smallest absolute Gasteiger partial charge is 0.294 e. The highest BCUT2D eigenvalue weighted by atomic mass is 79.9. The van der Waals surface area contributed by atoms with E-state index in [9.17, 15) is 14.4 Å². The van der Waals surface area contributed by atoms with Gasteiger partial charge in [0.15, 0.2) is 0 Å². The number of benzene rings is 4. The highest BCUT2D eigenvalue weighted by molar-refractivity contribution is 9.10. The fourth-order valence-corrected chi connectivity index (χ4v) is 5.15. The van der Waals surface area contributed by atoms with Gasteiger partial charge in [-0.2, -0.15) is 0 Å². The van der Waals surface area contributed by atoms with Crippen LogP contribution in [0.1, 0.15) is 11.1 Å². The van der Waals surface area contributed by atoms with Crippen LogP contribution in [0.25, 0.3) is 16.8 Å². The maximum atomic E-state index is 12.8. The maximum Gasteiger partial charge on any atom is 0.294 e. The van der Waals surface area contributed by atoms with Gasteiger partial charge in [0.05, 0.1) is 10.6 Å². The Hall–Kier alpha value is -3.88. The summed E-state index contributed by atoms with van der Waals surface area (Å²) >= 11 is 4.18. The Labute approximate surface area is 226 Å². The van der Waals surface area contributed by atoms with Crippen molar-refractivity contribution in [1.82, 2.24) is 4.90 Å². The van der Waals surface area contributed by atoms with E-state index in [4.69, 9.17) is 4.74 Å². The Morgan fingerprint density at radius 3 is 2.46 bits per heavy atom. The van der Waals surface area contributed by atoms with Crippen LogP contribution in [0.5, 0.6) is 5.75 Å². The van der Waals surface area contributed by atoms with Crippen LogP contribution >= 0.6 is 27.7 Å². The Bertz CT molecular complexity index is 1530. The van der Waals surface area contributed by atoms with Crippen molar-refractivity contribution in [1.29, 1.82) is 0 Å². The molecule has 0 aliphatic carbocycles. The number of imide groups is 1. The molecule has 1 fully saturated rings. The molecule has 3 amide bonds. The van der Waals surface area contributed by atoms with E-state index in [0.29, 0.717) is 22.5 Å². The predicted molar refractivity (Wildman–Crippen MR) is 150 cm³/mol. The third-order valence-corrected chi connectivity index (χ3v) is 7.37. The van der Waals surface area contributed by atoms with E-state index in [-0.39, 0.29) is 11.4 Å². The third-order valence-electron chi connectivity index (χ3n) is 5.78. The average Bonchev–Trinajstić information content (AvgIpc) is 3.16. The summed E-state index contributed by atoms with van der Waals surface area (Å²) in [6.45, 7) is 0.0749. The predicted octanol–water partition coefficient (Wildman–Crippen LogP) is 6.86. The molecule has 0 saturated carbocycles. The number of fused-ring (bicyclic) bond motifs is 1. The van der Waals surface area contributed by atoms with Gasteiger partial charge in [-0.1, -0.05) is 66.7 Å². The van der Waals surface area contributed by atoms with E-state index in [1.165, 1.54) is 5.39 Å². The first-order valence-corrected chi connectivity index (χ1v) is 13.1. The third kappa shape index (κ3) is 5.76. The minimum atomic E-state index is -0.492. The minimum absolute atomic E-state index is 0.267. The summed E-state index contributed by atoms with van der Waals surface area (Å²) in [5.74, 6) is -0.251. The van der Waals surface area contributed by atoms with Gasteiger partial charge in [0, 0.05) is 4.47 Å². The first-order chi connectivity index (χ1) is 18.0. The SMILES string of the molecule is O=C(CN1C(=O)S/C(=C/c2ccc(OCc3cccc4ccccc34)cc2)C1=O)Nc1ccccc1Br. The molecule has 37 heavy (non-hydrogen) atoms. The van der Waals surface area contributed by atoms with E-state index in [2.05, 4.69) is 39.4 Å². The molecule has 5 rings (SSSR count). The zero-order valence-corrected chi connectivity index (χ0v) is 21.9. The second-order valence-corrected chi connectivity index (χ2v) is 10.1. The highest BCUT2D eigenvalue weighted by Gasteiger charge is 2.36. The zero-order valence-electron chi connectivity index (χ0n) is 19.5. The van der Waals surface area contributed by atoms with Crippen molar-refractivity contribution in [3.8, 4) is 5.75 Å². The summed E-state index contributed by atoms with van der Waals surface area (Å²) in [6.07, 6.45) is 1.64. The van der Waals surface area contributed by atoms with Gasteiger partial charge in [-0.05, 0) is 79.9 Å². The van der Waals surface area contributed by atoms with Gasteiger partial charge in [-0.3, -0.25) is 19.3 Å². The number of ether oxygens (including phenoxy) is 1. The number of rotatable bonds is 7. The lowest BCUT2D eigenvalue weighted by atomic mass is 10.1. The molecule has 0 radical (unpaired) electrons. The van der Waals surface area contributed by atoms with E-state index in [1.54, 1.807) is 24.3 Å². The molecule has 8 heteroatoms. The maximum absolute atomic E-state index is 12.8. The largest absolute Gasteiger partial charge is 0.489 e. The van der Waals surface area contributed by atoms with Gasteiger partial charge >= 0.3 is 0 Å². The van der Waals surface area contributed by atoms with Crippen molar-refractivity contribution in [2.45, 2.75) is 6.61 Å². The molecule has 0 atom stereocenters. The molecule has 1 aliphatic rings. The molecular formula is C29H21BrN2O4S. The second-order valence-electron chi connectivity index (χ2n) is 8.29. The Morgan fingerprint density at radius 1 is 0.919 bits per heavy atom. The zero-order chi connectivity index (χ0) is 25.8. The molecular weight excluding hydrogens is 552 g/mol. The fraction of sp³-hybridized carbons (Fsp3) is 0.0690. The molecule has 0 aromatic heterocycles. The Balaban J connectivity index is 1.21. The van der Waals surface area contributed by atoms with Crippen molar-refractivity contribution < 1.29 is 19.1 Å². The van der Waals surface area contributed by atoms with Crippen molar-refractivity contribution in [3.63, 3.8) is 0 Å². The van der Waals surface area contributed by atoms with Crippen LogP contribution in [-0.2, 0) is 16.2 Å². The van der Waals surface area contributed by atoms with Crippen molar-refractivity contribution in [3.05, 3.63) is 112 Å². The highest BCUT2D eigenvalue weighted by Crippen LogP contribution is 2.32. The number of carbonyl (C=O) groups excluding carboxylic acids is 3. The lowest BCUT2D eigenvalue weighted by molar-refractivity contribution is -0.127. The van der Waals surface area contributed by atoms with Crippen LogP contribution in [0, 0.1) is 0 Å². The molecule has 0 spiro atoms. The molecule has 0 bridgehead atoms. The van der Waals surface area contributed by atoms with Crippen LogP contribution in [0.15, 0.2) is 100 Å². The molecule has 184 valence electrons. The summed E-state index contributed by atoms with van der Waals surface area (Å²) in [6, 6.07) is 28.7. The van der Waals surface area contributed by atoms with Gasteiger partial charge in [0.1, 0.15) is 18.9 Å². The first-order valence-electron chi connectivity index (χ1n) is 11.5. The first kappa shape index (κ1) is 24.8. The minimum Gasteiger partial charge on any atom is -0.489 e. The van der Waals surface area contributed by atoms with Crippen molar-refractivity contribution >= 4 is 67.3 Å². The number of halogens is 1. The Morgan fingerprint density at radius 2 is 1.65 bits per heavy atom. The molecule has 6 nitrogen and oxygen atoms in total. The molecule has 1 saturated heterocycles. The number of anilines is 1. The molecule has 4 aromatic rings. The van der Waals surface area contributed by atoms with E-state index < -0.39 is 17.1 Å². The Kier molecular flexibility index (Phi) is 7.39. The number of carbonyl (C=O) groups is 3. The van der Waals surface area contributed by atoms with Crippen LogP contribution in [0.2, 0.25) is 0 Å². The van der Waals surface area contributed by atoms with Gasteiger partial charge in [-0.15, -0.1) is 0 Å². The lowest BCUT2D eigenvalue weighted by Crippen LogP contribution is -2.36. The number of para-hydroxylation sites is 1. The van der Waals surface area contributed by atoms with E-state index in [0.717, 1.165) is 33.2 Å². The van der Waals surface area contributed by atoms with Crippen LogP contribution in [0.3, 0.4) is 0 Å². The lowest BCUT2D eigenvalue weighted by Gasteiger charge is -2.13. The molecule has 0 unspecified atom stereocenters. The standard InChI is InChI=1S/C29H21BrN2O4S/c30-24-10-3-4-11-25(24)31-27(33)17-32-28(34)26(37-29(32)35)16-19-12-14-22(15-13-19)36-18-21-8-5-7-20-6-1-2-9-23(20)21/h1-16H,17-18H2,(H,31,33)/b26-16+. The fourth-order valence-electron chi connectivity index (χ4n) is 3.92. The summed E-state index contributed by atoms with van der Waals surface area (Å²) in [4.78, 5) is 38.9. The van der Waals surface area contributed by atoms with Crippen LogP contribution < -0.4 is 10.1 Å². The molecule has 1 aliphatic heterocycles. The van der Waals surface area contributed by atoms with Crippen LogP contribution in [-0.4, -0.2) is 28.5 Å². The summed E-state index contributed by atoms with van der Waals surface area (Å²) in [5.41, 5.74) is 2.41. The van der Waals surface area contributed by atoms with Gasteiger partial charge < -0.3 is 10.1 Å². The van der Waals surface area contributed by atoms with Crippen molar-refractivity contribution in [2.75, 3.05) is 11.9 Å². The molecule has 4 aromatic carbocycles. The number of hydrogen-bond donors (Lipinski definition) is 1. The normalized spacial score (nSPS) is 14.4. The number of nitrogens with one attached hydrogen (secondary N) is 1. The summed E-state index contributed by atoms with van der Waals surface area (Å²) < 4.78 is 6.69. The summed E-state index contributed by atoms with van der Waals surface area (Å²) in [5, 5.41) is 4.55. The number of thioether (sulfide) groups is 1. The van der Waals surface area contributed by atoms with Gasteiger partial charge in [0.2, 0.25) is 5.91 Å². The number of hydrogen-bond acceptors (Lipinski definition) is 5. The number of nitrogens with zero attached hydrogens (tertiary/aromatic N) is 1. The quantitative estimate of drug-likeness (QED) is 0.245.